The van der Waals surface area contributed by atoms with Gasteiger partial charge in [-0.15, -0.1) is 0 Å². The molecule has 0 aliphatic rings. The number of nitrogens with one attached hydrogen (secondary N) is 1. The Labute approximate surface area is 205 Å². The number of hydrogen-bond acceptors (Lipinski definition) is 4. The highest BCUT2D eigenvalue weighted by atomic mass is 79.9. The van der Waals surface area contributed by atoms with E-state index in [1.807, 2.05) is 57.2 Å². The summed E-state index contributed by atoms with van der Waals surface area (Å²) >= 11 is 3.55. The summed E-state index contributed by atoms with van der Waals surface area (Å²) in [5, 5.41) is 2.97. The number of aryl methyl sites for hydroxylation is 2. The fourth-order valence-electron chi connectivity index (χ4n) is 3.61. The van der Waals surface area contributed by atoms with Gasteiger partial charge in [0.1, 0.15) is 17.5 Å². The van der Waals surface area contributed by atoms with E-state index in [-0.39, 0.29) is 25.0 Å². The molecule has 0 spiro atoms. The zero-order chi connectivity index (χ0) is 24.4. The Morgan fingerprint density at radius 1 is 1.09 bits per heavy atom. The first-order valence-corrected chi connectivity index (χ1v) is 12.2. The number of amides is 2. The smallest absolute Gasteiger partial charge is 0.261 e. The van der Waals surface area contributed by atoms with Crippen molar-refractivity contribution >= 4 is 27.7 Å². The second kappa shape index (κ2) is 13.2. The van der Waals surface area contributed by atoms with Crippen LogP contribution in [0.15, 0.2) is 40.9 Å². The maximum absolute atomic E-state index is 13.3. The van der Waals surface area contributed by atoms with Crippen LogP contribution < -0.4 is 14.8 Å². The normalized spacial score (nSPS) is 11.6. The summed E-state index contributed by atoms with van der Waals surface area (Å²) < 4.78 is 12.2. The Hall–Kier alpha value is -2.54. The summed E-state index contributed by atoms with van der Waals surface area (Å²) in [5.41, 5.74) is 2.96. The monoisotopic (exact) mass is 518 g/mol. The lowest BCUT2D eigenvalue weighted by Gasteiger charge is -2.30. The van der Waals surface area contributed by atoms with E-state index in [1.54, 1.807) is 12.0 Å². The molecular formula is C26H35BrN2O4. The highest BCUT2D eigenvalue weighted by Crippen LogP contribution is 2.26. The topological polar surface area (TPSA) is 67.9 Å². The molecule has 7 heteroatoms. The van der Waals surface area contributed by atoms with Crippen molar-refractivity contribution < 1.29 is 19.1 Å². The minimum Gasteiger partial charge on any atom is -0.497 e. The summed E-state index contributed by atoms with van der Waals surface area (Å²) in [6.45, 7) is 8.69. The lowest BCUT2D eigenvalue weighted by molar-refractivity contribution is -0.143. The summed E-state index contributed by atoms with van der Waals surface area (Å²) in [6.07, 6.45) is 2.39. The van der Waals surface area contributed by atoms with Gasteiger partial charge in [-0.25, -0.2) is 0 Å². The average Bonchev–Trinajstić information content (AvgIpc) is 2.81. The van der Waals surface area contributed by atoms with Crippen molar-refractivity contribution in [1.29, 1.82) is 0 Å². The van der Waals surface area contributed by atoms with Gasteiger partial charge in [-0.3, -0.25) is 9.59 Å². The van der Waals surface area contributed by atoms with Crippen LogP contribution in [0.25, 0.3) is 0 Å². The van der Waals surface area contributed by atoms with E-state index in [1.165, 1.54) is 0 Å². The lowest BCUT2D eigenvalue weighted by atomic mass is 10.1. The molecule has 2 amide bonds. The van der Waals surface area contributed by atoms with Gasteiger partial charge < -0.3 is 19.7 Å². The molecule has 0 aliphatic carbocycles. The summed E-state index contributed by atoms with van der Waals surface area (Å²) in [7, 11) is 1.61. The molecular weight excluding hydrogens is 484 g/mol. The fourth-order valence-corrected chi connectivity index (χ4v) is 3.84. The van der Waals surface area contributed by atoms with Crippen LogP contribution in [0, 0.1) is 13.8 Å². The Kier molecular flexibility index (Phi) is 10.7. The second-order valence-electron chi connectivity index (χ2n) is 8.10. The predicted octanol–water partition coefficient (Wildman–Crippen LogP) is 5.18. The molecule has 6 nitrogen and oxygen atoms in total. The van der Waals surface area contributed by atoms with Crippen LogP contribution in [0.5, 0.6) is 11.5 Å². The zero-order valence-corrected chi connectivity index (χ0v) is 21.8. The summed E-state index contributed by atoms with van der Waals surface area (Å²) in [5.74, 6) is 0.951. The van der Waals surface area contributed by atoms with E-state index in [2.05, 4.69) is 28.2 Å². The van der Waals surface area contributed by atoms with E-state index in [0.717, 1.165) is 34.0 Å². The first-order valence-electron chi connectivity index (χ1n) is 11.4. The largest absolute Gasteiger partial charge is 0.497 e. The van der Waals surface area contributed by atoms with E-state index < -0.39 is 6.04 Å². The number of rotatable bonds is 12. The van der Waals surface area contributed by atoms with Crippen molar-refractivity contribution in [2.24, 2.45) is 0 Å². The van der Waals surface area contributed by atoms with Gasteiger partial charge in [0.2, 0.25) is 5.91 Å². The molecule has 180 valence electrons. The third kappa shape index (κ3) is 7.77. The Morgan fingerprint density at radius 3 is 2.39 bits per heavy atom. The van der Waals surface area contributed by atoms with Gasteiger partial charge in [0.15, 0.2) is 6.61 Å². The first kappa shape index (κ1) is 26.7. The molecule has 2 rings (SSSR count). The van der Waals surface area contributed by atoms with Crippen molar-refractivity contribution in [1.82, 2.24) is 10.2 Å². The van der Waals surface area contributed by atoms with Crippen LogP contribution in [0.3, 0.4) is 0 Å². The minimum atomic E-state index is -0.586. The molecule has 0 bridgehead atoms. The molecule has 2 aromatic carbocycles. The van der Waals surface area contributed by atoms with E-state index in [0.29, 0.717) is 24.5 Å². The van der Waals surface area contributed by atoms with Crippen LogP contribution in [0.2, 0.25) is 0 Å². The average molecular weight is 519 g/mol. The molecule has 1 N–H and O–H groups in total. The predicted molar refractivity (Wildman–Crippen MR) is 135 cm³/mol. The third-order valence-electron chi connectivity index (χ3n) is 5.47. The Balaban J connectivity index is 2.23. The van der Waals surface area contributed by atoms with Crippen LogP contribution in [-0.4, -0.2) is 43.0 Å². The van der Waals surface area contributed by atoms with Crippen LogP contribution >= 0.6 is 15.9 Å². The van der Waals surface area contributed by atoms with Crippen molar-refractivity contribution in [3.8, 4) is 11.5 Å². The molecule has 2 aromatic rings. The van der Waals surface area contributed by atoms with Gasteiger partial charge in [-0.05, 0) is 67.6 Å². The molecule has 33 heavy (non-hydrogen) atoms. The first-order chi connectivity index (χ1) is 15.8. The lowest BCUT2D eigenvalue weighted by Crippen LogP contribution is -2.50. The summed E-state index contributed by atoms with van der Waals surface area (Å²) in [6, 6.07) is 10.7. The highest BCUT2D eigenvalue weighted by molar-refractivity contribution is 9.10. The standard InChI is InChI=1S/C26H35BrN2O4/c1-6-8-12-28-26(31)23(7-2)29(16-20-10-9-11-21(15-20)32-5)24(30)17-33-22-13-18(3)25(27)19(4)14-22/h9-11,13-15,23H,6-8,12,16-17H2,1-5H3,(H,28,31)/t23-/m0/s1. The van der Waals surface area contributed by atoms with Gasteiger partial charge in [-0.2, -0.15) is 0 Å². The van der Waals surface area contributed by atoms with Crippen molar-refractivity contribution in [2.75, 3.05) is 20.3 Å². The van der Waals surface area contributed by atoms with Gasteiger partial charge in [0, 0.05) is 17.6 Å². The van der Waals surface area contributed by atoms with E-state index in [4.69, 9.17) is 9.47 Å². The molecule has 0 aliphatic heterocycles. The van der Waals surface area contributed by atoms with Crippen LogP contribution in [0.4, 0.5) is 0 Å². The molecule has 0 fully saturated rings. The SMILES string of the molecule is CCCCNC(=O)[C@H](CC)N(Cc1cccc(OC)c1)C(=O)COc1cc(C)c(Br)c(C)c1. The number of nitrogens with zero attached hydrogens (tertiary/aromatic N) is 1. The number of ether oxygens (including phenoxy) is 2. The van der Waals surface area contributed by atoms with Crippen LogP contribution in [-0.2, 0) is 16.1 Å². The van der Waals surface area contributed by atoms with E-state index >= 15 is 0 Å². The number of benzene rings is 2. The summed E-state index contributed by atoms with van der Waals surface area (Å²) in [4.78, 5) is 27.9. The number of halogens is 1. The second-order valence-corrected chi connectivity index (χ2v) is 8.89. The maximum atomic E-state index is 13.3. The van der Waals surface area contributed by atoms with Gasteiger partial charge in [-0.1, -0.05) is 48.3 Å². The molecule has 0 saturated heterocycles. The fraction of sp³-hybridized carbons (Fsp3) is 0.462. The number of hydrogen-bond donors (Lipinski definition) is 1. The number of carbonyl (C=O) groups excluding carboxylic acids is 2. The molecule has 0 saturated carbocycles. The molecule has 0 radical (unpaired) electrons. The number of carbonyl (C=O) groups is 2. The molecule has 0 aromatic heterocycles. The molecule has 0 unspecified atom stereocenters. The van der Waals surface area contributed by atoms with Crippen molar-refractivity contribution in [2.45, 2.75) is 59.5 Å². The Morgan fingerprint density at radius 2 is 1.79 bits per heavy atom. The van der Waals surface area contributed by atoms with Gasteiger partial charge >= 0.3 is 0 Å². The molecule has 1 atom stereocenters. The van der Waals surface area contributed by atoms with E-state index in [9.17, 15) is 9.59 Å². The quantitative estimate of drug-likeness (QED) is 0.393. The maximum Gasteiger partial charge on any atom is 0.261 e. The van der Waals surface area contributed by atoms with Crippen LogP contribution in [0.1, 0.15) is 49.8 Å². The highest BCUT2D eigenvalue weighted by Gasteiger charge is 2.29. The third-order valence-corrected chi connectivity index (χ3v) is 6.73. The van der Waals surface area contributed by atoms with Crippen molar-refractivity contribution in [3.63, 3.8) is 0 Å². The Bertz CT molecular complexity index is 925. The number of unbranched alkanes of at least 4 members (excludes halogenated alkanes) is 1. The zero-order valence-electron chi connectivity index (χ0n) is 20.2. The minimum absolute atomic E-state index is 0.141. The van der Waals surface area contributed by atoms with Gasteiger partial charge in [0.05, 0.1) is 7.11 Å². The number of methoxy groups -OCH3 is 1. The van der Waals surface area contributed by atoms with Gasteiger partial charge in [0.25, 0.3) is 5.91 Å². The van der Waals surface area contributed by atoms with Crippen molar-refractivity contribution in [3.05, 3.63) is 57.6 Å². The molecule has 0 heterocycles.